The molecule has 0 aliphatic carbocycles. The van der Waals surface area contributed by atoms with E-state index in [1.54, 1.807) is 18.2 Å². The Kier molecular flexibility index (Phi) is 8.47. The highest BCUT2D eigenvalue weighted by molar-refractivity contribution is 14.1. The minimum absolute atomic E-state index is 0.0914. The molecule has 0 unspecified atom stereocenters. The average Bonchev–Trinajstić information content (AvgIpc) is 3.76. The number of alkyl halides is 1. The second-order valence-electron chi connectivity index (χ2n) is 12.2. The van der Waals surface area contributed by atoms with Crippen molar-refractivity contribution in [3.8, 4) is 11.1 Å². The summed E-state index contributed by atoms with van der Waals surface area (Å²) in [7, 11) is 4.52. The number of nitrogens with zero attached hydrogens (tertiary/aromatic N) is 1. The number of aliphatic hydroxyl groups is 1. The minimum atomic E-state index is -0.455. The van der Waals surface area contributed by atoms with Crippen LogP contribution in [0.3, 0.4) is 0 Å². The first-order valence-electron chi connectivity index (χ1n) is 14.6. The number of hydrogen-bond donors (Lipinski definition) is 3. The van der Waals surface area contributed by atoms with Crippen molar-refractivity contribution in [1.82, 2.24) is 0 Å². The summed E-state index contributed by atoms with van der Waals surface area (Å²) in [6, 6.07) is 21.3. The van der Waals surface area contributed by atoms with E-state index in [1.807, 2.05) is 48.5 Å². The summed E-state index contributed by atoms with van der Waals surface area (Å²) in [5.41, 5.74) is 4.79. The van der Waals surface area contributed by atoms with Crippen LogP contribution in [0, 0.1) is 0 Å². The second-order valence-corrected chi connectivity index (χ2v) is 14.4. The van der Waals surface area contributed by atoms with Gasteiger partial charge in [0.2, 0.25) is 5.91 Å². The number of morpholine rings is 1. The van der Waals surface area contributed by atoms with Crippen LogP contribution in [0.2, 0.25) is 5.02 Å². The Morgan fingerprint density at radius 2 is 1.84 bits per heavy atom. The van der Waals surface area contributed by atoms with Gasteiger partial charge in [-0.25, -0.2) is 4.79 Å². The number of fused-ring (bicyclic) bond motifs is 5. The molecule has 3 aromatic carbocycles. The van der Waals surface area contributed by atoms with E-state index in [4.69, 9.17) is 21.1 Å². The Morgan fingerprint density at radius 1 is 1.07 bits per heavy atom. The highest BCUT2D eigenvalue weighted by atomic mass is 127. The van der Waals surface area contributed by atoms with Gasteiger partial charge in [-0.2, -0.15) is 0 Å². The number of nitrogens with one attached hydrogen (secondary N) is 2. The molecule has 0 spiro atoms. The molecule has 3 aliphatic rings. The molecule has 3 N–H and O–H groups in total. The fourth-order valence-electron chi connectivity index (χ4n) is 6.69. The van der Waals surface area contributed by atoms with Gasteiger partial charge in [0.25, 0.3) is 0 Å². The summed E-state index contributed by atoms with van der Waals surface area (Å²) in [6.07, 6.45) is 3.00. The second kappa shape index (κ2) is 12.0. The van der Waals surface area contributed by atoms with Gasteiger partial charge in [0, 0.05) is 18.4 Å². The van der Waals surface area contributed by atoms with Crippen molar-refractivity contribution >= 4 is 57.6 Å². The zero-order chi connectivity index (χ0) is 30.4. The summed E-state index contributed by atoms with van der Waals surface area (Å²) in [5, 5.41) is 15.5. The van der Waals surface area contributed by atoms with Crippen molar-refractivity contribution in [2.45, 2.75) is 66.6 Å². The van der Waals surface area contributed by atoms with Crippen molar-refractivity contribution < 1.29 is 28.7 Å². The summed E-state index contributed by atoms with van der Waals surface area (Å²) in [5.74, 6) is -0.138. The molecule has 3 aliphatic heterocycles. The number of rotatable bonds is 9. The van der Waals surface area contributed by atoms with Crippen molar-refractivity contribution in [2.24, 2.45) is 0 Å². The van der Waals surface area contributed by atoms with Crippen molar-refractivity contribution in [3.05, 3.63) is 82.9 Å². The van der Waals surface area contributed by atoms with Gasteiger partial charge in [-0.3, -0.25) is 10.1 Å². The van der Waals surface area contributed by atoms with E-state index in [9.17, 15) is 14.7 Å². The molecule has 10 heteroatoms. The fraction of sp³-hybridized carbons (Fsp3) is 0.394. The van der Waals surface area contributed by atoms with E-state index < -0.39 is 6.09 Å². The molecule has 3 fully saturated rings. The lowest BCUT2D eigenvalue weighted by atomic mass is 9.96. The molecule has 2 amide bonds. The Morgan fingerprint density at radius 3 is 2.56 bits per heavy atom. The first kappa shape index (κ1) is 30.3. The Bertz CT molecular complexity index is 1540. The molecule has 43 heavy (non-hydrogen) atoms. The van der Waals surface area contributed by atoms with E-state index in [1.165, 1.54) is 0 Å². The topological polar surface area (TPSA) is 100 Å². The molecule has 3 aromatic rings. The zero-order valence-corrected chi connectivity index (χ0v) is 27.1. The van der Waals surface area contributed by atoms with Gasteiger partial charge in [0.1, 0.15) is 18.2 Å². The third kappa shape index (κ3) is 6.02. The third-order valence-corrected chi connectivity index (χ3v) is 11.8. The SMILES string of the molecule is C[N+]1(C)[C@H]2C[C@H](OC(=O)Nc3cc(CCCC(=O)Nc4ccc(CO)cc4Cl)ccc3-c3ccccc3)C[C@@]1(I)[C@@H]1O[C@H]12. The molecule has 2 bridgehead atoms. The van der Waals surface area contributed by atoms with E-state index in [2.05, 4.69) is 47.3 Å². The van der Waals surface area contributed by atoms with Gasteiger partial charge in [-0.1, -0.05) is 60.1 Å². The lowest BCUT2D eigenvalue weighted by Crippen LogP contribution is -2.65. The highest BCUT2D eigenvalue weighted by Gasteiger charge is 2.78. The van der Waals surface area contributed by atoms with Gasteiger partial charge < -0.3 is 24.4 Å². The first-order valence-corrected chi connectivity index (χ1v) is 16.1. The number of carbonyl (C=O) groups excluding carboxylic acids is 2. The van der Waals surface area contributed by atoms with Crippen LogP contribution in [0.4, 0.5) is 16.2 Å². The molecule has 8 nitrogen and oxygen atoms in total. The Labute approximate surface area is 270 Å². The molecule has 6 rings (SSSR count). The maximum absolute atomic E-state index is 13.3. The van der Waals surface area contributed by atoms with Gasteiger partial charge in [0.15, 0.2) is 9.65 Å². The van der Waals surface area contributed by atoms with E-state index >= 15 is 0 Å². The minimum Gasteiger partial charge on any atom is -0.445 e. The lowest BCUT2D eigenvalue weighted by molar-refractivity contribution is -0.943. The molecule has 5 atom stereocenters. The summed E-state index contributed by atoms with van der Waals surface area (Å²) >= 11 is 8.76. The number of benzene rings is 3. The molecule has 0 radical (unpaired) electrons. The van der Waals surface area contributed by atoms with Crippen LogP contribution in [0.1, 0.15) is 36.8 Å². The Hall–Kier alpha value is -2.70. The maximum atomic E-state index is 13.3. The molecule has 0 aromatic heterocycles. The van der Waals surface area contributed by atoms with Crippen LogP contribution in [0.25, 0.3) is 11.1 Å². The number of halogens is 2. The largest absolute Gasteiger partial charge is 0.445 e. The predicted molar refractivity (Wildman–Crippen MR) is 175 cm³/mol. The number of aryl methyl sites for hydroxylation is 1. The smallest absolute Gasteiger partial charge is 0.411 e. The summed E-state index contributed by atoms with van der Waals surface area (Å²) in [6.45, 7) is -0.111. The number of piperidine rings is 1. The third-order valence-electron chi connectivity index (χ3n) is 9.18. The quantitative estimate of drug-likeness (QED) is 0.0770. The number of epoxide rings is 1. The molecular formula is C33H36ClIN3O5+. The van der Waals surface area contributed by atoms with Crippen LogP contribution in [0.15, 0.2) is 66.7 Å². The van der Waals surface area contributed by atoms with Crippen LogP contribution in [0.5, 0.6) is 0 Å². The number of anilines is 2. The predicted octanol–water partition coefficient (Wildman–Crippen LogP) is 6.53. The van der Waals surface area contributed by atoms with E-state index in [-0.39, 0.29) is 34.4 Å². The average molecular weight is 717 g/mol. The van der Waals surface area contributed by atoms with Crippen LogP contribution in [-0.4, -0.2) is 63.6 Å². The number of amides is 2. The number of aliphatic hydroxyl groups excluding tert-OH is 1. The summed E-state index contributed by atoms with van der Waals surface area (Å²) in [4.78, 5) is 25.8. The number of ether oxygens (including phenoxy) is 2. The standard InChI is InChI=1S/C33H35ClIN3O5/c1-38(2)28-17-23(18-33(38,35)31-30(28)43-31)42-32(41)37-27-16-20(11-13-24(27)22-8-4-3-5-9-22)7-6-10-29(40)36-26-14-12-21(19-39)15-25(26)34/h3-5,8-9,11-16,23,28,30-31,39H,6-7,10,17-19H2,1-2H3,(H-,36,37,40,41)/p+1/t23-,28-,30-,31+,33-/m0/s1. The number of hydrogen-bond acceptors (Lipinski definition) is 5. The number of carbonyl (C=O) groups is 2. The highest BCUT2D eigenvalue weighted by Crippen LogP contribution is 2.61. The molecule has 0 saturated carbocycles. The molecular weight excluding hydrogens is 681 g/mol. The van der Waals surface area contributed by atoms with Crippen molar-refractivity contribution in [2.75, 3.05) is 24.7 Å². The molecule has 3 heterocycles. The maximum Gasteiger partial charge on any atom is 0.411 e. The van der Waals surface area contributed by atoms with Gasteiger partial charge in [-0.15, -0.1) is 0 Å². The Balaban J connectivity index is 1.10. The van der Waals surface area contributed by atoms with Gasteiger partial charge in [0.05, 0.1) is 43.5 Å². The fourth-order valence-corrected chi connectivity index (χ4v) is 8.29. The van der Waals surface area contributed by atoms with Gasteiger partial charge in [-0.05, 0) is 70.3 Å². The van der Waals surface area contributed by atoms with E-state index in [0.717, 1.165) is 34.0 Å². The molecule has 3 saturated heterocycles. The number of likely N-dealkylation sites (N-methyl/N-ethyl adjacent to an activating group) is 1. The van der Waals surface area contributed by atoms with Gasteiger partial charge >= 0.3 is 6.09 Å². The molecule has 226 valence electrons. The van der Waals surface area contributed by atoms with Crippen molar-refractivity contribution in [3.63, 3.8) is 0 Å². The van der Waals surface area contributed by atoms with Crippen molar-refractivity contribution in [1.29, 1.82) is 0 Å². The monoisotopic (exact) mass is 716 g/mol. The number of quaternary nitrogens is 1. The van der Waals surface area contributed by atoms with Crippen LogP contribution < -0.4 is 10.6 Å². The normalized spacial score (nSPS) is 26.3. The first-order chi connectivity index (χ1) is 20.6. The zero-order valence-electron chi connectivity index (χ0n) is 24.2. The van der Waals surface area contributed by atoms with Crippen LogP contribution in [-0.2, 0) is 27.3 Å². The van der Waals surface area contributed by atoms with E-state index in [0.29, 0.717) is 47.3 Å². The summed E-state index contributed by atoms with van der Waals surface area (Å²) < 4.78 is 12.8. The lowest BCUT2D eigenvalue weighted by Gasteiger charge is -2.50. The van der Waals surface area contributed by atoms with Crippen LogP contribution >= 0.6 is 34.2 Å².